The zero-order valence-corrected chi connectivity index (χ0v) is 16.6. The number of nitro groups is 1. The van der Waals surface area contributed by atoms with E-state index in [0.29, 0.717) is 5.56 Å². The van der Waals surface area contributed by atoms with Crippen LogP contribution < -0.4 is 15.2 Å². The molecule has 0 spiro atoms. The number of non-ortho nitro benzene ring substituents is 1. The maximum Gasteiger partial charge on any atom is 0.270 e. The number of nitrogens with one attached hydrogen (secondary N) is 2. The van der Waals surface area contributed by atoms with Crippen LogP contribution in [0.2, 0.25) is 0 Å². The summed E-state index contributed by atoms with van der Waals surface area (Å²) in [5.74, 6) is -0.400. The van der Waals surface area contributed by atoms with E-state index < -0.39 is 30.9 Å². The first kappa shape index (κ1) is 22.4. The number of carbonyl (C=O) groups excluding carboxylic acids is 1. The third kappa shape index (κ3) is 6.60. The van der Waals surface area contributed by atoms with Crippen molar-refractivity contribution in [2.75, 3.05) is 13.1 Å². The number of sulfonamides is 2. The highest BCUT2D eigenvalue weighted by Crippen LogP contribution is 2.16. The summed E-state index contributed by atoms with van der Waals surface area (Å²) in [6.45, 7) is -0.136. The first-order valence-electron chi connectivity index (χ1n) is 8.11. The number of nitrogens with two attached hydrogens (primary N) is 1. The second kappa shape index (κ2) is 9.09. The predicted octanol–water partition coefficient (Wildman–Crippen LogP) is -0.121. The molecule has 4 N–H and O–H groups in total. The minimum atomic E-state index is -3.97. The molecule has 0 atom stereocenters. The summed E-state index contributed by atoms with van der Waals surface area (Å²) in [6.07, 6.45) is -0.0392. The van der Waals surface area contributed by atoms with Crippen LogP contribution >= 0.6 is 0 Å². The third-order valence-corrected chi connectivity index (χ3v) is 6.08. The largest absolute Gasteiger partial charge is 0.355 e. The number of nitro benzene ring substituents is 1. The van der Waals surface area contributed by atoms with E-state index in [-0.39, 0.29) is 35.0 Å². The fraction of sp³-hybridized carbons (Fsp3) is 0.188. The molecule has 0 aliphatic rings. The molecule has 0 saturated heterocycles. The molecular weight excluding hydrogens is 424 g/mol. The van der Waals surface area contributed by atoms with Crippen molar-refractivity contribution < 1.29 is 26.6 Å². The summed E-state index contributed by atoms with van der Waals surface area (Å²) in [5, 5.41) is 18.2. The molecule has 0 saturated carbocycles. The van der Waals surface area contributed by atoms with Crippen LogP contribution in [0.3, 0.4) is 0 Å². The Morgan fingerprint density at radius 2 is 1.66 bits per heavy atom. The fourth-order valence-electron chi connectivity index (χ4n) is 2.28. The highest BCUT2D eigenvalue weighted by atomic mass is 32.2. The number of nitrogens with zero attached hydrogens (tertiary/aromatic N) is 1. The van der Waals surface area contributed by atoms with E-state index in [1.54, 1.807) is 0 Å². The Balaban J connectivity index is 1.84. The van der Waals surface area contributed by atoms with Gasteiger partial charge in [0, 0.05) is 25.2 Å². The van der Waals surface area contributed by atoms with Crippen LogP contribution in [-0.4, -0.2) is 40.8 Å². The summed E-state index contributed by atoms with van der Waals surface area (Å²) in [7, 11) is -7.78. The number of hydrogen-bond acceptors (Lipinski definition) is 7. The molecular formula is C16H18N4O7S2. The maximum atomic E-state index is 12.1. The minimum absolute atomic E-state index is 0.0117. The predicted molar refractivity (Wildman–Crippen MR) is 103 cm³/mol. The number of amides is 1. The molecule has 29 heavy (non-hydrogen) atoms. The molecule has 0 bridgehead atoms. The molecule has 2 aromatic carbocycles. The van der Waals surface area contributed by atoms with Crippen molar-refractivity contribution in [3.63, 3.8) is 0 Å². The molecule has 0 aromatic heterocycles. The SMILES string of the molecule is NS(=O)(=O)c1ccc(CC(=O)NCCNS(=O)(=O)c2cccc([N+](=O)[O-])c2)cc1. The Kier molecular flexibility index (Phi) is 7.02. The first-order valence-corrected chi connectivity index (χ1v) is 11.1. The second-order valence-electron chi connectivity index (χ2n) is 5.87. The number of hydrogen-bond donors (Lipinski definition) is 3. The van der Waals surface area contributed by atoms with E-state index in [9.17, 15) is 31.7 Å². The zero-order chi connectivity index (χ0) is 21.7. The number of primary sulfonamides is 1. The molecule has 2 rings (SSSR count). The Bertz CT molecular complexity index is 1110. The van der Waals surface area contributed by atoms with Gasteiger partial charge in [-0.25, -0.2) is 26.7 Å². The zero-order valence-electron chi connectivity index (χ0n) is 14.9. The van der Waals surface area contributed by atoms with Gasteiger partial charge in [0.1, 0.15) is 0 Å². The molecule has 0 fully saturated rings. The summed E-state index contributed by atoms with van der Waals surface area (Å²) < 4.78 is 48.9. The van der Waals surface area contributed by atoms with E-state index in [0.717, 1.165) is 6.07 Å². The summed E-state index contributed by atoms with van der Waals surface area (Å²) in [4.78, 5) is 21.6. The molecule has 0 aliphatic heterocycles. The van der Waals surface area contributed by atoms with Crippen LogP contribution in [0.15, 0.2) is 58.3 Å². The highest BCUT2D eigenvalue weighted by Gasteiger charge is 2.17. The third-order valence-electron chi connectivity index (χ3n) is 3.69. The summed E-state index contributed by atoms with van der Waals surface area (Å²) in [6, 6.07) is 10.1. The van der Waals surface area contributed by atoms with Gasteiger partial charge in [0.25, 0.3) is 5.69 Å². The molecule has 0 radical (unpaired) electrons. The van der Waals surface area contributed by atoms with Crippen LogP contribution in [0.25, 0.3) is 0 Å². The van der Waals surface area contributed by atoms with Gasteiger partial charge in [0.05, 0.1) is 21.1 Å². The van der Waals surface area contributed by atoms with Crippen molar-refractivity contribution in [1.82, 2.24) is 10.0 Å². The quantitative estimate of drug-likeness (QED) is 0.275. The van der Waals surface area contributed by atoms with E-state index in [1.807, 2.05) is 0 Å². The van der Waals surface area contributed by atoms with Gasteiger partial charge in [-0.2, -0.15) is 0 Å². The monoisotopic (exact) mass is 442 g/mol. The van der Waals surface area contributed by atoms with Crippen molar-refractivity contribution in [3.05, 3.63) is 64.2 Å². The molecule has 11 nitrogen and oxygen atoms in total. The normalized spacial score (nSPS) is 11.8. The van der Waals surface area contributed by atoms with Crippen molar-refractivity contribution in [2.45, 2.75) is 16.2 Å². The van der Waals surface area contributed by atoms with Crippen molar-refractivity contribution >= 4 is 31.6 Å². The van der Waals surface area contributed by atoms with E-state index in [4.69, 9.17) is 5.14 Å². The van der Waals surface area contributed by atoms with E-state index in [1.165, 1.54) is 42.5 Å². The van der Waals surface area contributed by atoms with Gasteiger partial charge in [-0.1, -0.05) is 18.2 Å². The van der Waals surface area contributed by atoms with Crippen LogP contribution in [0.4, 0.5) is 5.69 Å². The van der Waals surface area contributed by atoms with Gasteiger partial charge >= 0.3 is 0 Å². The lowest BCUT2D eigenvalue weighted by atomic mass is 10.1. The minimum Gasteiger partial charge on any atom is -0.355 e. The number of rotatable bonds is 9. The Hall–Kier alpha value is -2.87. The lowest BCUT2D eigenvalue weighted by Gasteiger charge is -2.08. The van der Waals surface area contributed by atoms with E-state index >= 15 is 0 Å². The van der Waals surface area contributed by atoms with Crippen LogP contribution in [0.5, 0.6) is 0 Å². The fourth-order valence-corrected chi connectivity index (χ4v) is 3.87. The molecule has 13 heteroatoms. The number of carbonyl (C=O) groups is 1. The lowest BCUT2D eigenvalue weighted by molar-refractivity contribution is -0.385. The maximum absolute atomic E-state index is 12.1. The molecule has 0 heterocycles. The molecule has 0 aliphatic carbocycles. The van der Waals surface area contributed by atoms with Crippen LogP contribution in [0.1, 0.15) is 5.56 Å². The average Bonchev–Trinajstić information content (AvgIpc) is 2.65. The van der Waals surface area contributed by atoms with Crippen molar-refractivity contribution in [3.8, 4) is 0 Å². The Labute approximate surface area is 167 Å². The number of benzene rings is 2. The lowest BCUT2D eigenvalue weighted by Crippen LogP contribution is -2.35. The highest BCUT2D eigenvalue weighted by molar-refractivity contribution is 7.89. The smallest absolute Gasteiger partial charge is 0.270 e. The molecule has 2 aromatic rings. The average molecular weight is 442 g/mol. The Morgan fingerprint density at radius 1 is 1.00 bits per heavy atom. The second-order valence-corrected chi connectivity index (χ2v) is 9.20. The molecule has 1 amide bonds. The Morgan fingerprint density at radius 3 is 2.24 bits per heavy atom. The van der Waals surface area contributed by atoms with Crippen molar-refractivity contribution in [1.29, 1.82) is 0 Å². The van der Waals surface area contributed by atoms with Crippen LogP contribution in [0, 0.1) is 10.1 Å². The molecule has 0 unspecified atom stereocenters. The first-order chi connectivity index (χ1) is 13.5. The topological polar surface area (TPSA) is 179 Å². The summed E-state index contributed by atoms with van der Waals surface area (Å²) in [5.41, 5.74) is 0.196. The van der Waals surface area contributed by atoms with Crippen molar-refractivity contribution in [2.24, 2.45) is 5.14 Å². The van der Waals surface area contributed by atoms with Gasteiger partial charge in [-0.15, -0.1) is 0 Å². The van der Waals surface area contributed by atoms with Gasteiger partial charge < -0.3 is 5.32 Å². The van der Waals surface area contributed by atoms with E-state index in [2.05, 4.69) is 10.0 Å². The standard InChI is InChI=1S/C16H18N4O7S2/c17-28(24,25)14-6-4-12(5-7-14)10-16(21)18-8-9-19-29(26,27)15-3-1-2-13(11-15)20(22)23/h1-7,11,19H,8-10H2,(H,18,21)(H2,17,24,25). The van der Waals surface area contributed by atoms with Gasteiger partial charge in [-0.3, -0.25) is 14.9 Å². The van der Waals surface area contributed by atoms with Crippen LogP contribution in [-0.2, 0) is 31.3 Å². The van der Waals surface area contributed by atoms with Gasteiger partial charge in [0.2, 0.25) is 26.0 Å². The van der Waals surface area contributed by atoms with Gasteiger partial charge in [0.15, 0.2) is 0 Å². The summed E-state index contributed by atoms with van der Waals surface area (Å²) >= 11 is 0. The van der Waals surface area contributed by atoms with Gasteiger partial charge in [-0.05, 0) is 23.8 Å². The molecule has 156 valence electrons.